The molecule has 0 aliphatic carbocycles. The van der Waals surface area contributed by atoms with Crippen molar-refractivity contribution >= 4 is 44.8 Å². The highest BCUT2D eigenvalue weighted by Gasteiger charge is 2.29. The summed E-state index contributed by atoms with van der Waals surface area (Å²) in [7, 11) is -4.10. The predicted molar refractivity (Wildman–Crippen MR) is 133 cm³/mol. The number of benzene rings is 3. The molecule has 0 unspecified atom stereocenters. The summed E-state index contributed by atoms with van der Waals surface area (Å²) < 4.78 is 29.7. The lowest BCUT2D eigenvalue weighted by atomic mass is 10.1. The standard InChI is InChI=1S/C24H20Cl2N4O3S/c25-20-10-6-12-22(24(20)26)30(34(32,33)19-8-2-1-3-9-19)16-23(31)28-15-18-7-4-5-11-21(18)29-14-13-27-17-29/h1-14,17H,15-16H2,(H,28,31). The molecule has 0 atom stereocenters. The van der Waals surface area contributed by atoms with Crippen LogP contribution in [0.5, 0.6) is 0 Å². The van der Waals surface area contributed by atoms with E-state index >= 15 is 0 Å². The van der Waals surface area contributed by atoms with Gasteiger partial charge < -0.3 is 9.88 Å². The summed E-state index contributed by atoms with van der Waals surface area (Å²) in [5, 5.41) is 3.03. The van der Waals surface area contributed by atoms with E-state index in [1.807, 2.05) is 28.8 Å². The molecule has 1 heterocycles. The van der Waals surface area contributed by atoms with Gasteiger partial charge in [0.05, 0.1) is 32.6 Å². The van der Waals surface area contributed by atoms with Gasteiger partial charge in [0.2, 0.25) is 5.91 Å². The van der Waals surface area contributed by atoms with Crippen molar-refractivity contribution in [3.05, 3.63) is 107 Å². The van der Waals surface area contributed by atoms with Crippen LogP contribution in [0.15, 0.2) is 96.4 Å². The van der Waals surface area contributed by atoms with Crippen molar-refractivity contribution in [2.45, 2.75) is 11.4 Å². The molecule has 0 aliphatic rings. The molecule has 7 nitrogen and oxygen atoms in total. The molecule has 0 spiro atoms. The van der Waals surface area contributed by atoms with Gasteiger partial charge in [-0.3, -0.25) is 9.10 Å². The zero-order valence-electron chi connectivity index (χ0n) is 17.8. The van der Waals surface area contributed by atoms with E-state index in [0.717, 1.165) is 15.6 Å². The van der Waals surface area contributed by atoms with E-state index in [0.29, 0.717) is 0 Å². The van der Waals surface area contributed by atoms with Crippen LogP contribution in [-0.2, 0) is 21.4 Å². The minimum Gasteiger partial charge on any atom is -0.350 e. The van der Waals surface area contributed by atoms with Gasteiger partial charge in [-0.1, -0.05) is 65.7 Å². The van der Waals surface area contributed by atoms with Gasteiger partial charge in [-0.05, 0) is 35.9 Å². The zero-order valence-corrected chi connectivity index (χ0v) is 20.1. The van der Waals surface area contributed by atoms with Crippen molar-refractivity contribution in [2.75, 3.05) is 10.8 Å². The minimum absolute atomic E-state index is 0.0318. The van der Waals surface area contributed by atoms with E-state index in [-0.39, 0.29) is 27.2 Å². The minimum atomic E-state index is -4.10. The fourth-order valence-corrected chi connectivity index (χ4v) is 5.30. The van der Waals surface area contributed by atoms with Crippen LogP contribution in [0.2, 0.25) is 10.0 Å². The van der Waals surface area contributed by atoms with Gasteiger partial charge in [0.15, 0.2) is 0 Å². The van der Waals surface area contributed by atoms with Gasteiger partial charge in [0.1, 0.15) is 6.54 Å². The number of imidazole rings is 1. The third-order valence-electron chi connectivity index (χ3n) is 5.07. The van der Waals surface area contributed by atoms with Crippen LogP contribution < -0.4 is 9.62 Å². The molecule has 4 rings (SSSR count). The molecule has 0 bridgehead atoms. The number of nitrogens with zero attached hydrogens (tertiary/aromatic N) is 3. The summed E-state index contributed by atoms with van der Waals surface area (Å²) in [5.41, 5.74) is 1.81. The van der Waals surface area contributed by atoms with Crippen LogP contribution in [0.4, 0.5) is 5.69 Å². The Morgan fingerprint density at radius 1 is 0.971 bits per heavy atom. The summed E-state index contributed by atoms with van der Waals surface area (Å²) in [6.07, 6.45) is 5.13. The predicted octanol–water partition coefficient (Wildman–Crippen LogP) is 4.69. The summed E-state index contributed by atoms with van der Waals surface area (Å²) in [4.78, 5) is 17.0. The number of sulfonamides is 1. The smallest absolute Gasteiger partial charge is 0.264 e. The van der Waals surface area contributed by atoms with Gasteiger partial charge in [-0.2, -0.15) is 0 Å². The fraction of sp³-hybridized carbons (Fsp3) is 0.0833. The second-order valence-electron chi connectivity index (χ2n) is 7.27. The number of para-hydroxylation sites is 1. The molecule has 0 fully saturated rings. The van der Waals surface area contributed by atoms with Gasteiger partial charge in [-0.25, -0.2) is 13.4 Å². The monoisotopic (exact) mass is 514 g/mol. The highest BCUT2D eigenvalue weighted by atomic mass is 35.5. The number of nitrogens with one attached hydrogen (secondary N) is 1. The van der Waals surface area contributed by atoms with Gasteiger partial charge in [0, 0.05) is 18.9 Å². The molecular formula is C24H20Cl2N4O3S. The van der Waals surface area contributed by atoms with E-state index in [4.69, 9.17) is 23.2 Å². The molecule has 0 aliphatic heterocycles. The van der Waals surface area contributed by atoms with Gasteiger partial charge in [0.25, 0.3) is 10.0 Å². The first-order chi connectivity index (χ1) is 16.4. The highest BCUT2D eigenvalue weighted by Crippen LogP contribution is 2.35. The van der Waals surface area contributed by atoms with Crippen LogP contribution in [0, 0.1) is 0 Å². The molecule has 0 saturated carbocycles. The van der Waals surface area contributed by atoms with E-state index in [1.165, 1.54) is 18.2 Å². The Labute approximate surface area is 207 Å². The Morgan fingerprint density at radius 2 is 1.71 bits per heavy atom. The van der Waals surface area contributed by atoms with Crippen molar-refractivity contribution in [1.82, 2.24) is 14.9 Å². The average molecular weight is 515 g/mol. The molecule has 0 radical (unpaired) electrons. The molecule has 1 amide bonds. The van der Waals surface area contributed by atoms with Crippen LogP contribution >= 0.6 is 23.2 Å². The largest absolute Gasteiger partial charge is 0.350 e. The normalized spacial score (nSPS) is 11.2. The summed E-state index contributed by atoms with van der Waals surface area (Å²) in [5.74, 6) is -0.504. The van der Waals surface area contributed by atoms with Crippen molar-refractivity contribution in [3.63, 3.8) is 0 Å². The molecular weight excluding hydrogens is 495 g/mol. The number of rotatable bonds is 8. The molecule has 34 heavy (non-hydrogen) atoms. The number of halogens is 2. The molecule has 4 aromatic rings. The van der Waals surface area contributed by atoms with Crippen molar-refractivity contribution in [1.29, 1.82) is 0 Å². The lowest BCUT2D eigenvalue weighted by molar-refractivity contribution is -0.119. The number of hydrogen-bond donors (Lipinski definition) is 1. The highest BCUT2D eigenvalue weighted by molar-refractivity contribution is 7.92. The van der Waals surface area contributed by atoms with E-state index in [2.05, 4.69) is 10.3 Å². The molecule has 3 aromatic carbocycles. The SMILES string of the molecule is O=C(CN(c1cccc(Cl)c1Cl)S(=O)(=O)c1ccccc1)NCc1ccccc1-n1ccnc1. The lowest BCUT2D eigenvalue weighted by Crippen LogP contribution is -2.41. The number of aromatic nitrogens is 2. The average Bonchev–Trinajstić information content (AvgIpc) is 3.39. The Hall–Kier alpha value is -3.33. The van der Waals surface area contributed by atoms with Crippen molar-refractivity contribution in [3.8, 4) is 5.69 Å². The maximum Gasteiger partial charge on any atom is 0.264 e. The first-order valence-electron chi connectivity index (χ1n) is 10.2. The van der Waals surface area contributed by atoms with E-state index < -0.39 is 22.5 Å². The summed E-state index contributed by atoms with van der Waals surface area (Å²) >= 11 is 12.5. The third-order valence-corrected chi connectivity index (χ3v) is 7.65. The maximum absolute atomic E-state index is 13.4. The number of carbonyl (C=O) groups excluding carboxylic acids is 1. The Bertz CT molecular complexity index is 1400. The quantitative estimate of drug-likeness (QED) is 0.369. The second-order valence-corrected chi connectivity index (χ2v) is 9.92. The van der Waals surface area contributed by atoms with Gasteiger partial charge in [-0.15, -0.1) is 0 Å². The van der Waals surface area contributed by atoms with Gasteiger partial charge >= 0.3 is 0 Å². The first-order valence-corrected chi connectivity index (χ1v) is 12.4. The number of amides is 1. The second kappa shape index (κ2) is 10.3. The molecule has 1 aromatic heterocycles. The third kappa shape index (κ3) is 5.09. The number of anilines is 1. The van der Waals surface area contributed by atoms with E-state index in [9.17, 15) is 13.2 Å². The Morgan fingerprint density at radius 3 is 2.44 bits per heavy atom. The first kappa shape index (κ1) is 23.8. The maximum atomic E-state index is 13.4. The van der Waals surface area contributed by atoms with Crippen LogP contribution in [-0.4, -0.2) is 30.4 Å². The van der Waals surface area contributed by atoms with Crippen LogP contribution in [0.1, 0.15) is 5.56 Å². The Balaban J connectivity index is 1.60. The number of hydrogen-bond acceptors (Lipinski definition) is 4. The lowest BCUT2D eigenvalue weighted by Gasteiger charge is -2.25. The van der Waals surface area contributed by atoms with Crippen molar-refractivity contribution < 1.29 is 13.2 Å². The topological polar surface area (TPSA) is 84.3 Å². The molecule has 174 valence electrons. The van der Waals surface area contributed by atoms with Crippen LogP contribution in [0.3, 0.4) is 0 Å². The zero-order chi connectivity index (χ0) is 24.1. The molecule has 10 heteroatoms. The fourth-order valence-electron chi connectivity index (χ4n) is 3.40. The Kier molecular flexibility index (Phi) is 7.21. The van der Waals surface area contributed by atoms with Crippen molar-refractivity contribution in [2.24, 2.45) is 0 Å². The molecule has 1 N–H and O–H groups in total. The van der Waals surface area contributed by atoms with Crippen LogP contribution in [0.25, 0.3) is 5.69 Å². The summed E-state index contributed by atoms with van der Waals surface area (Å²) in [6.45, 7) is -0.291. The van der Waals surface area contributed by atoms with E-state index in [1.54, 1.807) is 49.1 Å². The molecule has 0 saturated heterocycles. The number of carbonyl (C=O) groups is 1. The summed E-state index contributed by atoms with van der Waals surface area (Å²) in [6, 6.07) is 20.0.